The van der Waals surface area contributed by atoms with E-state index in [0.717, 1.165) is 29.8 Å². The number of nitrogens with zero attached hydrogens (tertiary/aromatic N) is 2. The van der Waals surface area contributed by atoms with Gasteiger partial charge in [0.05, 0.1) is 18.8 Å². The minimum Gasteiger partial charge on any atom is -0.497 e. The van der Waals surface area contributed by atoms with Crippen molar-refractivity contribution >= 4 is 5.69 Å². The van der Waals surface area contributed by atoms with Gasteiger partial charge in [0.25, 0.3) is 0 Å². The van der Waals surface area contributed by atoms with Gasteiger partial charge in [-0.25, -0.2) is 0 Å². The molecule has 1 aromatic carbocycles. The predicted octanol–water partition coefficient (Wildman–Crippen LogP) is 3.50. The summed E-state index contributed by atoms with van der Waals surface area (Å²) in [6, 6.07) is 8.22. The Balaban J connectivity index is 2.39. The summed E-state index contributed by atoms with van der Waals surface area (Å²) >= 11 is 0. The fraction of sp³-hybridized carbons (Fsp3) is 0.400. The van der Waals surface area contributed by atoms with Crippen molar-refractivity contribution in [3.8, 4) is 17.0 Å². The van der Waals surface area contributed by atoms with Crippen LogP contribution in [0.25, 0.3) is 11.3 Å². The molecule has 0 bridgehead atoms. The van der Waals surface area contributed by atoms with Crippen molar-refractivity contribution in [2.75, 3.05) is 12.8 Å². The molecule has 102 valence electrons. The minimum absolute atomic E-state index is 0.404. The van der Waals surface area contributed by atoms with Gasteiger partial charge in [0.2, 0.25) is 0 Å². The molecule has 0 fully saturated rings. The van der Waals surface area contributed by atoms with Crippen molar-refractivity contribution in [1.29, 1.82) is 0 Å². The van der Waals surface area contributed by atoms with Gasteiger partial charge in [-0.1, -0.05) is 26.0 Å². The molecule has 0 aliphatic heterocycles. The second-order valence-electron chi connectivity index (χ2n) is 4.62. The molecule has 0 radical (unpaired) electrons. The van der Waals surface area contributed by atoms with E-state index in [9.17, 15) is 0 Å². The maximum atomic E-state index is 6.09. The van der Waals surface area contributed by atoms with Crippen LogP contribution in [0.3, 0.4) is 0 Å². The molecule has 4 nitrogen and oxygen atoms in total. The maximum absolute atomic E-state index is 6.09. The van der Waals surface area contributed by atoms with Crippen LogP contribution in [0.2, 0.25) is 0 Å². The molecule has 0 aliphatic rings. The molecule has 0 unspecified atom stereocenters. The lowest BCUT2D eigenvalue weighted by Gasteiger charge is -2.12. The van der Waals surface area contributed by atoms with Crippen molar-refractivity contribution in [3.05, 3.63) is 30.5 Å². The zero-order chi connectivity index (χ0) is 13.8. The predicted molar refractivity (Wildman–Crippen MR) is 78.2 cm³/mol. The van der Waals surface area contributed by atoms with Gasteiger partial charge in [-0.05, 0) is 25.0 Å². The van der Waals surface area contributed by atoms with Crippen molar-refractivity contribution in [1.82, 2.24) is 9.78 Å². The smallest absolute Gasteiger partial charge is 0.119 e. The molecule has 2 aromatic rings. The average Bonchev–Trinajstić information content (AvgIpc) is 2.82. The van der Waals surface area contributed by atoms with Gasteiger partial charge in [-0.2, -0.15) is 5.10 Å². The summed E-state index contributed by atoms with van der Waals surface area (Å²) in [5, 5.41) is 4.63. The van der Waals surface area contributed by atoms with Crippen LogP contribution in [-0.2, 0) is 0 Å². The molecule has 0 atom stereocenters. The van der Waals surface area contributed by atoms with Crippen molar-refractivity contribution in [3.63, 3.8) is 0 Å². The zero-order valence-electron chi connectivity index (χ0n) is 11.8. The second-order valence-corrected chi connectivity index (χ2v) is 4.62. The van der Waals surface area contributed by atoms with Crippen molar-refractivity contribution in [2.24, 2.45) is 0 Å². The first-order chi connectivity index (χ1) is 9.19. The topological polar surface area (TPSA) is 53.1 Å². The molecule has 0 spiro atoms. The molecule has 4 heteroatoms. The number of aromatic nitrogens is 2. The number of hydrogen-bond acceptors (Lipinski definition) is 3. The number of anilines is 1. The number of nitrogen functional groups attached to an aromatic ring is 1. The highest BCUT2D eigenvalue weighted by atomic mass is 16.5. The summed E-state index contributed by atoms with van der Waals surface area (Å²) in [7, 11) is 1.66. The van der Waals surface area contributed by atoms with E-state index >= 15 is 0 Å². The van der Waals surface area contributed by atoms with E-state index in [-0.39, 0.29) is 0 Å². The summed E-state index contributed by atoms with van der Waals surface area (Å²) in [6.07, 6.45) is 4.02. The molecular weight excluding hydrogens is 238 g/mol. The monoisotopic (exact) mass is 259 g/mol. The Morgan fingerprint density at radius 1 is 1.32 bits per heavy atom. The minimum atomic E-state index is 0.404. The van der Waals surface area contributed by atoms with Gasteiger partial charge >= 0.3 is 0 Å². The molecule has 2 N–H and O–H groups in total. The van der Waals surface area contributed by atoms with Crippen LogP contribution in [0.5, 0.6) is 5.75 Å². The number of hydrogen-bond donors (Lipinski definition) is 1. The highest BCUT2D eigenvalue weighted by Crippen LogP contribution is 2.29. The summed E-state index contributed by atoms with van der Waals surface area (Å²) in [4.78, 5) is 0. The Morgan fingerprint density at radius 2 is 2.05 bits per heavy atom. The number of rotatable bonds is 5. The normalized spacial score (nSPS) is 10.9. The second kappa shape index (κ2) is 5.78. The molecule has 0 aliphatic carbocycles. The number of ether oxygens (including phenoxy) is 1. The van der Waals surface area contributed by atoms with Crippen LogP contribution in [0, 0.1) is 0 Å². The summed E-state index contributed by atoms with van der Waals surface area (Å²) in [5.41, 5.74) is 8.61. The average molecular weight is 259 g/mol. The fourth-order valence-electron chi connectivity index (χ4n) is 2.25. The Kier molecular flexibility index (Phi) is 4.10. The van der Waals surface area contributed by atoms with Gasteiger partial charge in [-0.3, -0.25) is 4.68 Å². The molecular formula is C15H21N3O. The Morgan fingerprint density at radius 3 is 2.68 bits per heavy atom. The zero-order valence-corrected chi connectivity index (χ0v) is 11.8. The molecule has 0 amide bonds. The summed E-state index contributed by atoms with van der Waals surface area (Å²) in [6.45, 7) is 4.33. The lowest BCUT2D eigenvalue weighted by Crippen LogP contribution is -2.07. The quantitative estimate of drug-likeness (QED) is 0.894. The molecule has 0 saturated heterocycles. The van der Waals surface area contributed by atoms with Crippen LogP contribution in [0.1, 0.15) is 32.7 Å². The van der Waals surface area contributed by atoms with Gasteiger partial charge in [0.1, 0.15) is 11.4 Å². The molecule has 2 rings (SSSR count). The van der Waals surface area contributed by atoms with Crippen LogP contribution >= 0.6 is 0 Å². The van der Waals surface area contributed by atoms with Gasteiger partial charge in [-0.15, -0.1) is 0 Å². The van der Waals surface area contributed by atoms with Crippen LogP contribution < -0.4 is 10.5 Å². The van der Waals surface area contributed by atoms with Gasteiger partial charge in [0, 0.05) is 11.8 Å². The third kappa shape index (κ3) is 2.72. The van der Waals surface area contributed by atoms with Crippen molar-refractivity contribution < 1.29 is 4.74 Å². The lowest BCUT2D eigenvalue weighted by molar-refractivity contribution is 0.415. The first-order valence-electron chi connectivity index (χ1n) is 6.68. The number of benzene rings is 1. The standard InChI is InChI=1S/C15H21N3O/c1-4-12(5-2)18-10-14(16)15(17-18)11-7-6-8-13(9-11)19-3/h6-10,12H,4-5,16H2,1-3H3. The summed E-state index contributed by atoms with van der Waals surface area (Å²) < 4.78 is 7.21. The Bertz CT molecular complexity index is 544. The van der Waals surface area contributed by atoms with Crippen LogP contribution in [0.4, 0.5) is 5.69 Å². The molecule has 19 heavy (non-hydrogen) atoms. The van der Waals surface area contributed by atoms with Crippen molar-refractivity contribution in [2.45, 2.75) is 32.7 Å². The third-order valence-electron chi connectivity index (χ3n) is 3.42. The first-order valence-corrected chi connectivity index (χ1v) is 6.68. The Labute approximate surface area is 114 Å². The number of methoxy groups -OCH3 is 1. The Hall–Kier alpha value is -1.97. The SMILES string of the molecule is CCC(CC)n1cc(N)c(-c2cccc(OC)c2)n1. The summed E-state index contributed by atoms with van der Waals surface area (Å²) in [5.74, 6) is 0.814. The molecule has 1 aromatic heterocycles. The third-order valence-corrected chi connectivity index (χ3v) is 3.42. The number of nitrogens with two attached hydrogens (primary N) is 1. The highest BCUT2D eigenvalue weighted by Gasteiger charge is 2.13. The van der Waals surface area contributed by atoms with E-state index in [1.807, 2.05) is 35.1 Å². The first kappa shape index (κ1) is 13.5. The highest BCUT2D eigenvalue weighted by molar-refractivity contribution is 5.72. The lowest BCUT2D eigenvalue weighted by atomic mass is 10.1. The van der Waals surface area contributed by atoms with E-state index in [4.69, 9.17) is 10.5 Å². The maximum Gasteiger partial charge on any atom is 0.119 e. The van der Waals surface area contributed by atoms with Gasteiger partial charge in [0.15, 0.2) is 0 Å². The van der Waals surface area contributed by atoms with Crippen LogP contribution in [0.15, 0.2) is 30.5 Å². The van der Waals surface area contributed by atoms with E-state index in [0.29, 0.717) is 11.7 Å². The van der Waals surface area contributed by atoms with Gasteiger partial charge < -0.3 is 10.5 Å². The molecule has 0 saturated carbocycles. The van der Waals surface area contributed by atoms with Crippen LogP contribution in [-0.4, -0.2) is 16.9 Å². The fourth-order valence-corrected chi connectivity index (χ4v) is 2.25. The van der Waals surface area contributed by atoms with E-state index in [1.165, 1.54) is 0 Å². The van der Waals surface area contributed by atoms with E-state index < -0.39 is 0 Å². The van der Waals surface area contributed by atoms with E-state index in [1.54, 1.807) is 7.11 Å². The molecule has 1 heterocycles. The van der Waals surface area contributed by atoms with E-state index in [2.05, 4.69) is 18.9 Å². The largest absolute Gasteiger partial charge is 0.497 e.